The van der Waals surface area contributed by atoms with Crippen molar-refractivity contribution in [1.29, 1.82) is 0 Å². The van der Waals surface area contributed by atoms with Crippen molar-refractivity contribution in [2.24, 2.45) is 0 Å². The van der Waals surface area contributed by atoms with Crippen LogP contribution in [0.3, 0.4) is 0 Å². The normalized spacial score (nSPS) is 21.2. The molecule has 1 unspecified atom stereocenters. The van der Waals surface area contributed by atoms with Gasteiger partial charge in [-0.05, 0) is 78.8 Å². The van der Waals surface area contributed by atoms with E-state index >= 15 is 0 Å². The van der Waals surface area contributed by atoms with Gasteiger partial charge in [0.15, 0.2) is 0 Å². The molecule has 2 aliphatic rings. The molecule has 0 aromatic heterocycles. The van der Waals surface area contributed by atoms with Crippen molar-refractivity contribution in [3.63, 3.8) is 0 Å². The average molecular weight is 502 g/mol. The van der Waals surface area contributed by atoms with Gasteiger partial charge in [-0.3, -0.25) is 4.79 Å². The number of carbonyl (C=O) groups is 1. The third-order valence-electron chi connectivity index (χ3n) is 7.86. The minimum Gasteiger partial charge on any atom is -0.390 e. The molecule has 5 nitrogen and oxygen atoms in total. The number of nitrogens with zero attached hydrogens (tertiary/aromatic N) is 1. The Morgan fingerprint density at radius 3 is 2.70 bits per heavy atom. The van der Waals surface area contributed by atoms with Crippen LogP contribution < -0.4 is 10.6 Å². The van der Waals surface area contributed by atoms with Gasteiger partial charge < -0.3 is 20.6 Å². The summed E-state index contributed by atoms with van der Waals surface area (Å²) in [7, 11) is 0. The second-order valence-corrected chi connectivity index (χ2v) is 10.2. The molecular weight excluding hydrogens is 465 g/mol. The number of hydrogen-bond acceptors (Lipinski definition) is 4. The summed E-state index contributed by atoms with van der Waals surface area (Å²) in [6.45, 7) is 6.25. The molecule has 1 saturated heterocycles. The summed E-state index contributed by atoms with van der Waals surface area (Å²) in [4.78, 5) is 15.6. The molecule has 194 valence electrons. The Balaban J connectivity index is 1.22. The van der Waals surface area contributed by atoms with E-state index in [-0.39, 0.29) is 5.56 Å². The van der Waals surface area contributed by atoms with E-state index in [1.807, 2.05) is 36.4 Å². The Kier molecular flexibility index (Phi) is 7.99. The molecule has 0 radical (unpaired) electrons. The number of carbonyl (C=O) groups excluding carboxylic acids is 1. The first-order valence-corrected chi connectivity index (χ1v) is 13.4. The molecule has 0 spiro atoms. The maximum absolute atomic E-state index is 14.9. The van der Waals surface area contributed by atoms with E-state index in [4.69, 9.17) is 0 Å². The molecule has 0 bridgehead atoms. The van der Waals surface area contributed by atoms with Crippen molar-refractivity contribution >= 4 is 5.91 Å². The number of amides is 1. The number of rotatable bonds is 9. The molecule has 3 aromatic rings. The van der Waals surface area contributed by atoms with Crippen LogP contribution in [-0.2, 0) is 13.0 Å². The molecule has 3 atom stereocenters. The first-order chi connectivity index (χ1) is 18.0. The van der Waals surface area contributed by atoms with Crippen LogP contribution in [0.2, 0.25) is 0 Å². The summed E-state index contributed by atoms with van der Waals surface area (Å²) in [6, 6.07) is 20.4. The van der Waals surface area contributed by atoms with E-state index in [0.29, 0.717) is 18.0 Å². The Morgan fingerprint density at radius 1 is 1.08 bits per heavy atom. The van der Waals surface area contributed by atoms with Crippen LogP contribution in [-0.4, -0.2) is 47.7 Å². The van der Waals surface area contributed by atoms with Gasteiger partial charge in [0.2, 0.25) is 0 Å². The number of likely N-dealkylation sites (tertiary alicyclic amines) is 1. The predicted molar refractivity (Wildman–Crippen MR) is 145 cm³/mol. The van der Waals surface area contributed by atoms with Crippen molar-refractivity contribution in [1.82, 2.24) is 15.5 Å². The van der Waals surface area contributed by atoms with E-state index in [1.165, 1.54) is 31.5 Å². The third-order valence-corrected chi connectivity index (χ3v) is 7.86. The summed E-state index contributed by atoms with van der Waals surface area (Å²) in [5.74, 6) is -1.09. The lowest BCUT2D eigenvalue weighted by Gasteiger charge is -2.22. The molecule has 5 rings (SSSR count). The molecule has 3 N–H and O–H groups in total. The Hall–Kier alpha value is -3.06. The zero-order valence-electron chi connectivity index (χ0n) is 21.4. The van der Waals surface area contributed by atoms with Gasteiger partial charge in [0.05, 0.1) is 17.7 Å². The fourth-order valence-corrected chi connectivity index (χ4v) is 5.82. The Labute approximate surface area is 218 Å². The zero-order chi connectivity index (χ0) is 25.8. The highest BCUT2D eigenvalue weighted by atomic mass is 19.1. The number of hydrogen-bond donors (Lipinski definition) is 3. The number of aliphatic hydroxyl groups excluding tert-OH is 1. The molecule has 37 heavy (non-hydrogen) atoms. The van der Waals surface area contributed by atoms with Crippen LogP contribution in [0.1, 0.15) is 59.3 Å². The molecule has 1 amide bonds. The van der Waals surface area contributed by atoms with Gasteiger partial charge in [-0.25, -0.2) is 4.39 Å². The number of fused-ring (bicyclic) bond motifs is 1. The highest BCUT2D eigenvalue weighted by molar-refractivity contribution is 5.95. The quantitative estimate of drug-likeness (QED) is 0.367. The summed E-state index contributed by atoms with van der Waals surface area (Å²) in [5.41, 5.74) is 4.63. The van der Waals surface area contributed by atoms with E-state index in [9.17, 15) is 14.3 Å². The van der Waals surface area contributed by atoms with E-state index in [2.05, 4.69) is 34.6 Å². The third kappa shape index (κ3) is 5.77. The van der Waals surface area contributed by atoms with Gasteiger partial charge in [0.25, 0.3) is 5.91 Å². The highest BCUT2D eigenvalue weighted by Gasteiger charge is 2.33. The SMILES string of the molecule is CCN1CCCC1CCNCc1ccc2c(c1)[C@@H](NC(=O)c1ccc(-c3ccccc3)cc1F)[C@H](O)C2. The lowest BCUT2D eigenvalue weighted by Crippen LogP contribution is -2.34. The van der Waals surface area contributed by atoms with Crippen molar-refractivity contribution in [3.05, 3.63) is 94.8 Å². The fraction of sp³-hybridized carbons (Fsp3) is 0.387. The minimum atomic E-state index is -0.740. The van der Waals surface area contributed by atoms with Crippen LogP contribution in [0.15, 0.2) is 66.7 Å². The second-order valence-electron chi connectivity index (χ2n) is 10.2. The minimum absolute atomic E-state index is 0.0220. The lowest BCUT2D eigenvalue weighted by molar-refractivity contribution is 0.0854. The van der Waals surface area contributed by atoms with Crippen molar-refractivity contribution in [3.8, 4) is 11.1 Å². The standard InChI is InChI=1S/C31H36FN3O2/c1-2-35-16-6-9-25(35)14-15-33-20-21-10-11-24-19-29(36)30(27(24)17-21)34-31(37)26-13-12-23(18-28(26)32)22-7-4-3-5-8-22/h3-5,7-8,10-13,17-18,25,29-30,33,36H,2,6,9,14-16,19-20H2,1H3,(H,34,37)/t25?,29-,30-/m1/s1. The molecule has 1 aliphatic heterocycles. The van der Waals surface area contributed by atoms with E-state index in [0.717, 1.165) is 48.3 Å². The number of nitrogens with one attached hydrogen (secondary N) is 2. The zero-order valence-corrected chi connectivity index (χ0v) is 21.4. The molecule has 1 heterocycles. The van der Waals surface area contributed by atoms with Gasteiger partial charge in [0, 0.05) is 19.0 Å². The average Bonchev–Trinajstić information content (AvgIpc) is 3.50. The Morgan fingerprint density at radius 2 is 1.92 bits per heavy atom. The number of aliphatic hydroxyl groups is 1. The largest absolute Gasteiger partial charge is 0.390 e. The monoisotopic (exact) mass is 501 g/mol. The van der Waals surface area contributed by atoms with E-state index in [1.54, 1.807) is 6.07 Å². The second kappa shape index (κ2) is 11.5. The summed E-state index contributed by atoms with van der Waals surface area (Å²) >= 11 is 0. The first-order valence-electron chi connectivity index (χ1n) is 13.4. The smallest absolute Gasteiger partial charge is 0.254 e. The maximum atomic E-state index is 14.9. The highest BCUT2D eigenvalue weighted by Crippen LogP contribution is 2.33. The molecular formula is C31H36FN3O2. The van der Waals surface area contributed by atoms with Gasteiger partial charge in [0.1, 0.15) is 5.82 Å². The first kappa shape index (κ1) is 25.6. The predicted octanol–water partition coefficient (Wildman–Crippen LogP) is 4.84. The molecule has 6 heteroatoms. The van der Waals surface area contributed by atoms with Gasteiger partial charge in [-0.2, -0.15) is 0 Å². The summed E-state index contributed by atoms with van der Waals surface area (Å²) < 4.78 is 14.9. The van der Waals surface area contributed by atoms with Gasteiger partial charge in [-0.1, -0.05) is 61.5 Å². The number of benzene rings is 3. The molecule has 1 fully saturated rings. The van der Waals surface area contributed by atoms with Crippen molar-refractivity contribution in [2.75, 3.05) is 19.6 Å². The van der Waals surface area contributed by atoms with Gasteiger partial charge in [-0.15, -0.1) is 0 Å². The van der Waals surface area contributed by atoms with Crippen molar-refractivity contribution < 1.29 is 14.3 Å². The van der Waals surface area contributed by atoms with Crippen LogP contribution in [0, 0.1) is 5.82 Å². The van der Waals surface area contributed by atoms with Crippen LogP contribution in [0.4, 0.5) is 4.39 Å². The maximum Gasteiger partial charge on any atom is 0.254 e. The van der Waals surface area contributed by atoms with Crippen LogP contribution in [0.25, 0.3) is 11.1 Å². The molecule has 3 aromatic carbocycles. The lowest BCUT2D eigenvalue weighted by atomic mass is 10.0. The van der Waals surface area contributed by atoms with E-state index < -0.39 is 23.9 Å². The summed E-state index contributed by atoms with van der Waals surface area (Å²) in [5, 5.41) is 17.2. The van der Waals surface area contributed by atoms with Crippen LogP contribution in [0.5, 0.6) is 0 Å². The summed E-state index contributed by atoms with van der Waals surface area (Å²) in [6.07, 6.45) is 3.45. The van der Waals surface area contributed by atoms with Crippen LogP contribution >= 0.6 is 0 Å². The van der Waals surface area contributed by atoms with Crippen molar-refractivity contribution in [2.45, 2.75) is 57.3 Å². The number of halogens is 1. The molecule has 0 saturated carbocycles. The van der Waals surface area contributed by atoms with Gasteiger partial charge >= 0.3 is 0 Å². The Bertz CT molecular complexity index is 1230. The molecule has 1 aliphatic carbocycles. The fourth-order valence-electron chi connectivity index (χ4n) is 5.82. The topological polar surface area (TPSA) is 64.6 Å².